The van der Waals surface area contributed by atoms with Crippen LogP contribution < -0.4 is 5.69 Å². The summed E-state index contributed by atoms with van der Waals surface area (Å²) in [7, 11) is 0. The number of nitrogens with zero attached hydrogens (tertiary/aromatic N) is 8. The number of hydrogen-bond acceptors (Lipinski definition) is 9. The van der Waals surface area contributed by atoms with Crippen LogP contribution in [-0.2, 0) is 22.6 Å². The summed E-state index contributed by atoms with van der Waals surface area (Å²) in [6.45, 7) is 1.33. The highest BCUT2D eigenvalue weighted by molar-refractivity contribution is 6.30. The molecule has 3 aromatic heterocycles. The molecule has 4 aromatic rings. The summed E-state index contributed by atoms with van der Waals surface area (Å²) in [4.78, 5) is 29.0. The smallest absolute Gasteiger partial charge is 0.416 e. The maximum Gasteiger partial charge on any atom is 0.416 e. The van der Waals surface area contributed by atoms with Crippen molar-refractivity contribution in [3.8, 4) is 17.2 Å². The molecule has 1 aromatic carbocycles. The number of aromatic nitrogens is 8. The summed E-state index contributed by atoms with van der Waals surface area (Å²) in [5.41, 5.74) is -0.648. The summed E-state index contributed by atoms with van der Waals surface area (Å²) in [5.74, 6) is -0.271. The molecule has 16 heteroatoms. The van der Waals surface area contributed by atoms with Crippen molar-refractivity contribution in [2.45, 2.75) is 45.3 Å². The minimum absolute atomic E-state index is 0.0235. The lowest BCUT2D eigenvalue weighted by molar-refractivity contribution is -0.207. The van der Waals surface area contributed by atoms with Gasteiger partial charge in [-0.05, 0) is 43.3 Å². The molecule has 0 aliphatic rings. The molecule has 38 heavy (non-hydrogen) atoms. The standard InChI is InChI=1S/C22H20ClF3N8O4/c1-12(38-13(2)35)19-28-17(30-34(19)18-4-3-9-27-29-18)11-33-21(37)32(10-16(36)22(24,25)26)20(31-33)14-5-7-15(23)8-6-14/h3-9,12,16,36H,10-11H2,1-2H3. The van der Waals surface area contributed by atoms with Gasteiger partial charge in [0.15, 0.2) is 35.5 Å². The van der Waals surface area contributed by atoms with E-state index in [1.165, 1.54) is 42.1 Å². The van der Waals surface area contributed by atoms with Crippen molar-refractivity contribution in [1.82, 2.24) is 39.3 Å². The molecule has 0 saturated heterocycles. The molecule has 0 radical (unpaired) electrons. The number of halogens is 4. The van der Waals surface area contributed by atoms with Gasteiger partial charge >= 0.3 is 17.8 Å². The second-order valence-corrected chi connectivity index (χ2v) is 8.51. The Morgan fingerprint density at radius 2 is 1.89 bits per heavy atom. The second-order valence-electron chi connectivity index (χ2n) is 8.07. The van der Waals surface area contributed by atoms with Crippen molar-refractivity contribution in [2.75, 3.05) is 0 Å². The van der Waals surface area contributed by atoms with Gasteiger partial charge in [-0.15, -0.1) is 15.3 Å². The maximum absolute atomic E-state index is 13.1. The maximum atomic E-state index is 13.1. The summed E-state index contributed by atoms with van der Waals surface area (Å²) in [5, 5.41) is 26.3. The van der Waals surface area contributed by atoms with Gasteiger partial charge in [-0.1, -0.05) is 11.6 Å². The average Bonchev–Trinajstić information content (AvgIpc) is 3.41. The van der Waals surface area contributed by atoms with Crippen LogP contribution >= 0.6 is 11.6 Å². The number of esters is 1. The average molecular weight is 553 g/mol. The van der Waals surface area contributed by atoms with Gasteiger partial charge in [-0.3, -0.25) is 9.36 Å². The Morgan fingerprint density at radius 3 is 2.50 bits per heavy atom. The van der Waals surface area contributed by atoms with Gasteiger partial charge in [0, 0.05) is 23.7 Å². The largest absolute Gasteiger partial charge is 0.455 e. The minimum Gasteiger partial charge on any atom is -0.455 e. The molecule has 3 heterocycles. The number of hydrogen-bond donors (Lipinski definition) is 1. The summed E-state index contributed by atoms with van der Waals surface area (Å²) >= 11 is 5.91. The minimum atomic E-state index is -4.96. The molecule has 0 saturated carbocycles. The normalized spacial score (nSPS) is 13.3. The number of benzene rings is 1. The van der Waals surface area contributed by atoms with Gasteiger partial charge < -0.3 is 9.84 Å². The van der Waals surface area contributed by atoms with E-state index < -0.39 is 36.6 Å². The quantitative estimate of drug-likeness (QED) is 0.326. The molecule has 0 aliphatic heterocycles. The van der Waals surface area contributed by atoms with Crippen LogP contribution in [0.25, 0.3) is 17.2 Å². The molecule has 12 nitrogen and oxygen atoms in total. The number of alkyl halides is 3. The third-order valence-corrected chi connectivity index (χ3v) is 5.46. The van der Waals surface area contributed by atoms with Crippen LogP contribution in [0.4, 0.5) is 13.2 Å². The second kappa shape index (κ2) is 10.7. The van der Waals surface area contributed by atoms with E-state index >= 15 is 0 Å². The Balaban J connectivity index is 1.77. The molecule has 0 fully saturated rings. The van der Waals surface area contributed by atoms with E-state index in [9.17, 15) is 27.9 Å². The highest BCUT2D eigenvalue weighted by Crippen LogP contribution is 2.24. The molecule has 0 amide bonds. The predicted octanol–water partition coefficient (Wildman–Crippen LogP) is 2.33. The van der Waals surface area contributed by atoms with Gasteiger partial charge in [0.05, 0.1) is 6.54 Å². The van der Waals surface area contributed by atoms with Gasteiger partial charge in [0.2, 0.25) is 0 Å². The SMILES string of the molecule is CC(=O)OC(C)c1nc(Cn2nc(-c3ccc(Cl)cc3)n(CC(O)C(F)(F)F)c2=O)nn1-c1cccnn1. The van der Waals surface area contributed by atoms with Gasteiger partial charge in [-0.25, -0.2) is 14.5 Å². The van der Waals surface area contributed by atoms with Crippen LogP contribution in [0.15, 0.2) is 47.4 Å². The van der Waals surface area contributed by atoms with Crippen LogP contribution in [0, 0.1) is 0 Å². The lowest BCUT2D eigenvalue weighted by Gasteiger charge is -2.15. The lowest BCUT2D eigenvalue weighted by atomic mass is 10.2. The third-order valence-electron chi connectivity index (χ3n) is 5.21. The van der Waals surface area contributed by atoms with Crippen molar-refractivity contribution in [2.24, 2.45) is 0 Å². The topological polar surface area (TPSA) is 143 Å². The molecule has 0 bridgehead atoms. The van der Waals surface area contributed by atoms with Crippen LogP contribution in [0.2, 0.25) is 5.02 Å². The molecule has 2 atom stereocenters. The first kappa shape index (κ1) is 26.9. The molecule has 2 unspecified atom stereocenters. The number of carbonyl (C=O) groups excluding carboxylic acids is 1. The Morgan fingerprint density at radius 1 is 1.18 bits per heavy atom. The zero-order chi connectivity index (χ0) is 27.6. The van der Waals surface area contributed by atoms with E-state index in [0.717, 1.165) is 4.68 Å². The number of rotatable bonds is 8. The van der Waals surface area contributed by atoms with E-state index in [-0.39, 0.29) is 29.8 Å². The van der Waals surface area contributed by atoms with Crippen LogP contribution in [-0.4, -0.2) is 62.7 Å². The van der Waals surface area contributed by atoms with Crippen LogP contribution in [0.3, 0.4) is 0 Å². The number of aliphatic hydroxyl groups excluding tert-OH is 1. The highest BCUT2D eigenvalue weighted by Gasteiger charge is 2.39. The molecule has 0 spiro atoms. The van der Waals surface area contributed by atoms with Crippen molar-refractivity contribution < 1.29 is 27.8 Å². The van der Waals surface area contributed by atoms with Crippen molar-refractivity contribution in [3.63, 3.8) is 0 Å². The zero-order valence-corrected chi connectivity index (χ0v) is 20.6. The molecule has 200 valence electrons. The first-order valence-electron chi connectivity index (χ1n) is 11.0. The monoisotopic (exact) mass is 552 g/mol. The first-order valence-corrected chi connectivity index (χ1v) is 11.4. The zero-order valence-electron chi connectivity index (χ0n) is 19.9. The Bertz CT molecular complexity index is 1490. The summed E-state index contributed by atoms with van der Waals surface area (Å²) < 4.78 is 47.4. The molecule has 0 aliphatic carbocycles. The summed E-state index contributed by atoms with van der Waals surface area (Å²) in [6.07, 6.45) is -7.20. The molecule has 1 N–H and O–H groups in total. The van der Waals surface area contributed by atoms with E-state index in [2.05, 4.69) is 25.4 Å². The van der Waals surface area contributed by atoms with Crippen molar-refractivity contribution in [3.05, 3.63) is 69.8 Å². The fourth-order valence-electron chi connectivity index (χ4n) is 3.51. The van der Waals surface area contributed by atoms with Crippen molar-refractivity contribution in [1.29, 1.82) is 0 Å². The van der Waals surface area contributed by atoms with Gasteiger partial charge in [0.1, 0.15) is 6.54 Å². The number of ether oxygens (including phenoxy) is 1. The summed E-state index contributed by atoms with van der Waals surface area (Å²) in [6, 6.07) is 9.10. The predicted molar refractivity (Wildman–Crippen MR) is 125 cm³/mol. The number of carbonyl (C=O) groups is 1. The van der Waals surface area contributed by atoms with E-state index in [1.807, 2.05) is 0 Å². The Kier molecular flexibility index (Phi) is 7.59. The van der Waals surface area contributed by atoms with Crippen LogP contribution in [0.5, 0.6) is 0 Å². The lowest BCUT2D eigenvalue weighted by Crippen LogP contribution is -2.37. The third kappa shape index (κ3) is 5.89. The van der Waals surface area contributed by atoms with Crippen LogP contribution in [0.1, 0.15) is 31.6 Å². The fourth-order valence-corrected chi connectivity index (χ4v) is 3.63. The first-order chi connectivity index (χ1) is 17.9. The Hall–Kier alpha value is -4.11. The fraction of sp³-hybridized carbons (Fsp3) is 0.318. The molecule has 4 rings (SSSR count). The number of aliphatic hydroxyl groups is 1. The van der Waals surface area contributed by atoms with Crippen molar-refractivity contribution >= 4 is 17.6 Å². The van der Waals surface area contributed by atoms with E-state index in [1.54, 1.807) is 19.1 Å². The molecular weight excluding hydrogens is 533 g/mol. The van der Waals surface area contributed by atoms with Gasteiger partial charge in [-0.2, -0.15) is 23.0 Å². The van der Waals surface area contributed by atoms with E-state index in [0.29, 0.717) is 15.2 Å². The highest BCUT2D eigenvalue weighted by atomic mass is 35.5. The van der Waals surface area contributed by atoms with E-state index in [4.69, 9.17) is 16.3 Å². The molecular formula is C22H20ClF3N8O4. The Labute approximate surface area is 217 Å². The van der Waals surface area contributed by atoms with Gasteiger partial charge in [0.25, 0.3) is 0 Å².